The van der Waals surface area contributed by atoms with Crippen molar-refractivity contribution in [3.8, 4) is 17.0 Å². The molecule has 154 valence electrons. The summed E-state index contributed by atoms with van der Waals surface area (Å²) in [4.78, 5) is 24.6. The maximum absolute atomic E-state index is 13.3. The predicted octanol–water partition coefficient (Wildman–Crippen LogP) is 1.98. The van der Waals surface area contributed by atoms with Crippen molar-refractivity contribution in [2.75, 3.05) is 71.5 Å². The number of carbonyl (C=O) groups excluding carboxylic acids is 1. The summed E-state index contributed by atoms with van der Waals surface area (Å²) in [5.41, 5.74) is 2.39. The molecule has 29 heavy (non-hydrogen) atoms. The molecule has 0 N–H and O–H groups in total. The maximum atomic E-state index is 13.3. The summed E-state index contributed by atoms with van der Waals surface area (Å²) in [5, 5.41) is 0. The van der Waals surface area contributed by atoms with E-state index in [2.05, 4.69) is 16.8 Å². The lowest BCUT2D eigenvalue weighted by molar-refractivity contribution is 0.0663. The highest BCUT2D eigenvalue weighted by Gasteiger charge is 2.26. The number of hydrogen-bond donors (Lipinski definition) is 0. The number of pyridine rings is 1. The molecule has 0 spiro atoms. The third-order valence-corrected chi connectivity index (χ3v) is 5.59. The van der Waals surface area contributed by atoms with Gasteiger partial charge in [-0.25, -0.2) is 4.98 Å². The van der Waals surface area contributed by atoms with Crippen LogP contribution in [0.3, 0.4) is 0 Å². The lowest BCUT2D eigenvalue weighted by Gasteiger charge is -2.34. The van der Waals surface area contributed by atoms with E-state index in [-0.39, 0.29) is 5.91 Å². The van der Waals surface area contributed by atoms with Crippen molar-refractivity contribution in [2.24, 2.45) is 0 Å². The first kappa shape index (κ1) is 19.7. The van der Waals surface area contributed by atoms with Gasteiger partial charge in [0.2, 0.25) is 0 Å². The third-order valence-electron chi connectivity index (χ3n) is 5.59. The Morgan fingerprint density at radius 3 is 2.45 bits per heavy atom. The first-order valence-electron chi connectivity index (χ1n) is 10.1. The van der Waals surface area contributed by atoms with Crippen molar-refractivity contribution in [2.45, 2.75) is 0 Å². The molecule has 2 saturated heterocycles. The fourth-order valence-electron chi connectivity index (χ4n) is 3.82. The Labute approximate surface area is 171 Å². The Bertz CT molecular complexity index is 859. The smallest absolute Gasteiger partial charge is 0.257 e. The van der Waals surface area contributed by atoms with E-state index < -0.39 is 0 Å². The molecule has 0 saturated carbocycles. The largest absolute Gasteiger partial charge is 0.496 e. The van der Waals surface area contributed by atoms with Crippen LogP contribution in [0.25, 0.3) is 11.3 Å². The number of ether oxygens (including phenoxy) is 2. The van der Waals surface area contributed by atoms with Gasteiger partial charge in [0.05, 0.1) is 31.6 Å². The minimum Gasteiger partial charge on any atom is -0.496 e. The first-order valence-corrected chi connectivity index (χ1v) is 10.1. The van der Waals surface area contributed by atoms with Gasteiger partial charge in [-0.05, 0) is 31.3 Å². The molecule has 7 nitrogen and oxygen atoms in total. The number of rotatable bonds is 4. The molecule has 1 amide bonds. The van der Waals surface area contributed by atoms with E-state index in [0.717, 1.165) is 62.1 Å². The molecule has 4 rings (SSSR count). The quantitative estimate of drug-likeness (QED) is 0.788. The molecule has 0 aliphatic carbocycles. The van der Waals surface area contributed by atoms with E-state index in [4.69, 9.17) is 14.5 Å². The number of para-hydroxylation sites is 1. The molecule has 2 fully saturated rings. The Morgan fingerprint density at radius 1 is 1.00 bits per heavy atom. The average Bonchev–Trinajstić information content (AvgIpc) is 2.79. The normalized spacial score (nSPS) is 18.0. The number of aromatic nitrogens is 1. The van der Waals surface area contributed by atoms with Crippen LogP contribution in [0.1, 0.15) is 10.4 Å². The van der Waals surface area contributed by atoms with Crippen molar-refractivity contribution < 1.29 is 14.3 Å². The highest BCUT2D eigenvalue weighted by atomic mass is 16.5. The SMILES string of the molecule is COc1ccccc1-c1ccc(C(=O)N2CCN(C)CC2)c(N2CCOCC2)n1. The number of hydrogen-bond acceptors (Lipinski definition) is 6. The van der Waals surface area contributed by atoms with Gasteiger partial charge in [0.25, 0.3) is 5.91 Å². The number of carbonyl (C=O) groups is 1. The summed E-state index contributed by atoms with van der Waals surface area (Å²) in [5.74, 6) is 1.56. The van der Waals surface area contributed by atoms with Crippen LogP contribution < -0.4 is 9.64 Å². The molecular weight excluding hydrogens is 368 g/mol. The number of morpholine rings is 1. The summed E-state index contributed by atoms with van der Waals surface area (Å²) in [7, 11) is 3.75. The van der Waals surface area contributed by atoms with Gasteiger partial charge in [0.15, 0.2) is 0 Å². The van der Waals surface area contributed by atoms with Gasteiger partial charge in [0.1, 0.15) is 11.6 Å². The number of amides is 1. The zero-order valence-corrected chi connectivity index (χ0v) is 17.1. The van der Waals surface area contributed by atoms with Crippen LogP contribution in [0.5, 0.6) is 5.75 Å². The topological polar surface area (TPSA) is 58.1 Å². The second-order valence-electron chi connectivity index (χ2n) is 7.46. The average molecular weight is 396 g/mol. The fourth-order valence-corrected chi connectivity index (χ4v) is 3.82. The van der Waals surface area contributed by atoms with Crippen molar-refractivity contribution in [3.05, 3.63) is 42.0 Å². The van der Waals surface area contributed by atoms with Crippen LogP contribution in [0.15, 0.2) is 36.4 Å². The van der Waals surface area contributed by atoms with Crippen LogP contribution >= 0.6 is 0 Å². The molecular formula is C22H28N4O3. The lowest BCUT2D eigenvalue weighted by atomic mass is 10.1. The third kappa shape index (κ3) is 4.21. The van der Waals surface area contributed by atoms with Crippen LogP contribution in [0.4, 0.5) is 5.82 Å². The van der Waals surface area contributed by atoms with Crippen molar-refractivity contribution in [1.82, 2.24) is 14.8 Å². The van der Waals surface area contributed by atoms with Crippen LogP contribution in [0, 0.1) is 0 Å². The standard InChI is InChI=1S/C22H28N4O3/c1-24-9-11-26(12-10-24)22(27)18-7-8-19(17-5-3-4-6-20(17)28-2)23-21(18)25-13-15-29-16-14-25/h3-8H,9-16H2,1-2H3. The molecule has 2 aromatic rings. The number of piperazine rings is 1. The molecule has 3 heterocycles. The Hall–Kier alpha value is -2.64. The molecule has 7 heteroatoms. The summed E-state index contributed by atoms with van der Waals surface area (Å²) >= 11 is 0. The van der Waals surface area contributed by atoms with Gasteiger partial charge in [-0.3, -0.25) is 4.79 Å². The van der Waals surface area contributed by atoms with Gasteiger partial charge in [-0.15, -0.1) is 0 Å². The Morgan fingerprint density at radius 2 is 1.72 bits per heavy atom. The Balaban J connectivity index is 1.71. The van der Waals surface area contributed by atoms with Gasteiger partial charge in [0, 0.05) is 44.8 Å². The van der Waals surface area contributed by atoms with Gasteiger partial charge in [-0.1, -0.05) is 12.1 Å². The highest BCUT2D eigenvalue weighted by Crippen LogP contribution is 2.31. The van der Waals surface area contributed by atoms with Crippen molar-refractivity contribution in [1.29, 1.82) is 0 Å². The molecule has 0 atom stereocenters. The first-order chi connectivity index (χ1) is 14.2. The molecule has 0 radical (unpaired) electrons. The molecule has 0 unspecified atom stereocenters. The van der Waals surface area contributed by atoms with E-state index in [1.807, 2.05) is 41.3 Å². The summed E-state index contributed by atoms with van der Waals surface area (Å²) in [6, 6.07) is 11.7. The minimum atomic E-state index is 0.0543. The molecule has 1 aromatic carbocycles. The molecule has 1 aromatic heterocycles. The number of benzene rings is 1. The molecule has 0 bridgehead atoms. The van der Waals surface area contributed by atoms with E-state index in [0.29, 0.717) is 18.8 Å². The van der Waals surface area contributed by atoms with E-state index in [1.54, 1.807) is 7.11 Å². The van der Waals surface area contributed by atoms with E-state index in [9.17, 15) is 4.79 Å². The lowest BCUT2D eigenvalue weighted by Crippen LogP contribution is -2.47. The van der Waals surface area contributed by atoms with E-state index in [1.165, 1.54) is 0 Å². The fraction of sp³-hybridized carbons (Fsp3) is 0.455. The summed E-state index contributed by atoms with van der Waals surface area (Å²) in [6.07, 6.45) is 0. The number of methoxy groups -OCH3 is 1. The predicted molar refractivity (Wildman–Crippen MR) is 113 cm³/mol. The second kappa shape index (κ2) is 8.80. The van der Waals surface area contributed by atoms with Gasteiger partial charge >= 0.3 is 0 Å². The van der Waals surface area contributed by atoms with E-state index >= 15 is 0 Å². The number of nitrogens with zero attached hydrogens (tertiary/aromatic N) is 4. The zero-order valence-electron chi connectivity index (χ0n) is 17.1. The van der Waals surface area contributed by atoms with Crippen LogP contribution in [-0.2, 0) is 4.74 Å². The zero-order chi connectivity index (χ0) is 20.2. The second-order valence-corrected chi connectivity index (χ2v) is 7.46. The minimum absolute atomic E-state index is 0.0543. The summed E-state index contributed by atoms with van der Waals surface area (Å²) < 4.78 is 11.0. The highest BCUT2D eigenvalue weighted by molar-refractivity contribution is 5.99. The van der Waals surface area contributed by atoms with Crippen molar-refractivity contribution in [3.63, 3.8) is 0 Å². The van der Waals surface area contributed by atoms with Gasteiger partial charge < -0.3 is 24.2 Å². The maximum Gasteiger partial charge on any atom is 0.257 e. The van der Waals surface area contributed by atoms with Crippen LogP contribution in [0.2, 0.25) is 0 Å². The molecule has 2 aliphatic heterocycles. The summed E-state index contributed by atoms with van der Waals surface area (Å²) in [6.45, 7) is 6.01. The van der Waals surface area contributed by atoms with Crippen LogP contribution in [-0.4, -0.2) is 87.3 Å². The number of anilines is 1. The van der Waals surface area contributed by atoms with Crippen molar-refractivity contribution >= 4 is 11.7 Å². The molecule has 2 aliphatic rings. The van der Waals surface area contributed by atoms with Gasteiger partial charge in [-0.2, -0.15) is 0 Å². The Kier molecular flexibility index (Phi) is 5.97. The number of likely N-dealkylation sites (N-methyl/N-ethyl adjacent to an activating group) is 1. The monoisotopic (exact) mass is 396 g/mol.